The first-order valence-corrected chi connectivity index (χ1v) is 10.4. The molecular formula is C22H27Cl2NO. The second kappa shape index (κ2) is 10.2. The van der Waals surface area contributed by atoms with E-state index in [2.05, 4.69) is 17.4 Å². The molecule has 0 aliphatic heterocycles. The molecule has 0 aromatic heterocycles. The summed E-state index contributed by atoms with van der Waals surface area (Å²) in [4.78, 5) is 0. The fourth-order valence-electron chi connectivity index (χ4n) is 3.47. The maximum absolute atomic E-state index is 6.21. The van der Waals surface area contributed by atoms with E-state index in [1.54, 1.807) is 6.07 Å². The number of halogens is 2. The van der Waals surface area contributed by atoms with Crippen molar-refractivity contribution in [3.05, 3.63) is 63.6 Å². The van der Waals surface area contributed by atoms with Crippen molar-refractivity contribution in [1.29, 1.82) is 0 Å². The smallest absolute Gasteiger partial charge is 0.120 e. The highest BCUT2D eigenvalue weighted by atomic mass is 35.5. The topological polar surface area (TPSA) is 21.3 Å². The van der Waals surface area contributed by atoms with Gasteiger partial charge in [0.2, 0.25) is 0 Å². The zero-order valence-corrected chi connectivity index (χ0v) is 16.7. The Bertz CT molecular complexity index is 696. The average molecular weight is 392 g/mol. The van der Waals surface area contributed by atoms with Crippen LogP contribution in [0.3, 0.4) is 0 Å². The maximum Gasteiger partial charge on any atom is 0.120 e. The van der Waals surface area contributed by atoms with Crippen LogP contribution in [0.1, 0.15) is 56.1 Å². The molecule has 4 heteroatoms. The van der Waals surface area contributed by atoms with Gasteiger partial charge in [-0.1, -0.05) is 73.5 Å². The van der Waals surface area contributed by atoms with Gasteiger partial charge in [0.05, 0.1) is 0 Å². The largest absolute Gasteiger partial charge is 0.489 e. The van der Waals surface area contributed by atoms with E-state index in [-0.39, 0.29) is 0 Å². The number of hydrogen-bond acceptors (Lipinski definition) is 2. The molecule has 2 aromatic rings. The normalized spacial score (nSPS) is 16.1. The molecule has 0 bridgehead atoms. The van der Waals surface area contributed by atoms with Crippen LogP contribution >= 0.6 is 23.2 Å². The van der Waals surface area contributed by atoms with Crippen LogP contribution in [0.2, 0.25) is 10.0 Å². The summed E-state index contributed by atoms with van der Waals surface area (Å²) < 4.78 is 5.93. The number of benzene rings is 2. The molecule has 2 aromatic carbocycles. The summed E-state index contributed by atoms with van der Waals surface area (Å²) in [5.74, 6) is 0.869. The van der Waals surface area contributed by atoms with E-state index in [9.17, 15) is 0 Å². The Morgan fingerprint density at radius 3 is 2.46 bits per heavy atom. The summed E-state index contributed by atoms with van der Waals surface area (Å²) in [6.45, 7) is 1.33. The SMILES string of the molecule is Clc1ccc(COc2cccc(CNC3CCCCCCC3)c2)c(Cl)c1. The molecule has 0 heterocycles. The Kier molecular flexibility index (Phi) is 7.67. The van der Waals surface area contributed by atoms with E-state index >= 15 is 0 Å². The summed E-state index contributed by atoms with van der Waals surface area (Å²) >= 11 is 12.2. The monoisotopic (exact) mass is 391 g/mol. The lowest BCUT2D eigenvalue weighted by molar-refractivity contribution is 0.305. The van der Waals surface area contributed by atoms with Crippen LogP contribution in [-0.2, 0) is 13.2 Å². The second-order valence-electron chi connectivity index (χ2n) is 7.09. The molecule has 0 atom stereocenters. The lowest BCUT2D eigenvalue weighted by Gasteiger charge is -2.21. The lowest BCUT2D eigenvalue weighted by Crippen LogP contribution is -2.29. The van der Waals surface area contributed by atoms with Crippen molar-refractivity contribution in [2.24, 2.45) is 0 Å². The molecule has 140 valence electrons. The first kappa shape index (κ1) is 19.5. The molecular weight excluding hydrogens is 365 g/mol. The van der Waals surface area contributed by atoms with Gasteiger partial charge in [-0.2, -0.15) is 0 Å². The van der Waals surface area contributed by atoms with E-state index in [1.807, 2.05) is 24.3 Å². The quantitative estimate of drug-likeness (QED) is 0.585. The van der Waals surface area contributed by atoms with Crippen LogP contribution in [0.25, 0.3) is 0 Å². The minimum Gasteiger partial charge on any atom is -0.489 e. The van der Waals surface area contributed by atoms with E-state index < -0.39 is 0 Å². The molecule has 1 aliphatic rings. The predicted molar refractivity (Wildman–Crippen MR) is 110 cm³/mol. The van der Waals surface area contributed by atoms with E-state index in [4.69, 9.17) is 27.9 Å². The molecule has 1 saturated carbocycles. The standard InChI is InChI=1S/C22H27Cl2NO/c23-19-12-11-18(22(24)14-19)16-26-21-10-6-7-17(13-21)15-25-20-8-4-2-1-3-5-9-20/h6-7,10-14,20,25H,1-5,8-9,15-16H2. The van der Waals surface area contributed by atoms with E-state index in [0.29, 0.717) is 22.7 Å². The number of rotatable bonds is 6. The zero-order chi connectivity index (χ0) is 18.2. The molecule has 1 fully saturated rings. The lowest BCUT2D eigenvalue weighted by atomic mass is 9.96. The molecule has 0 unspecified atom stereocenters. The Hall–Kier alpha value is -1.22. The van der Waals surface area contributed by atoms with Crippen molar-refractivity contribution in [3.8, 4) is 5.75 Å². The van der Waals surface area contributed by atoms with Crippen molar-refractivity contribution >= 4 is 23.2 Å². The van der Waals surface area contributed by atoms with Crippen LogP contribution in [0.4, 0.5) is 0 Å². The van der Waals surface area contributed by atoms with Gasteiger partial charge in [-0.15, -0.1) is 0 Å². The van der Waals surface area contributed by atoms with Gasteiger partial charge < -0.3 is 10.1 Å². The molecule has 0 saturated heterocycles. The fraction of sp³-hybridized carbons (Fsp3) is 0.455. The predicted octanol–water partition coefficient (Wildman–Crippen LogP) is 6.77. The first-order chi connectivity index (χ1) is 12.7. The van der Waals surface area contributed by atoms with E-state index in [1.165, 1.54) is 50.5 Å². The van der Waals surface area contributed by atoms with Crippen LogP contribution in [-0.4, -0.2) is 6.04 Å². The molecule has 0 radical (unpaired) electrons. The third-order valence-corrected chi connectivity index (χ3v) is 5.59. The maximum atomic E-state index is 6.21. The number of hydrogen-bond donors (Lipinski definition) is 1. The van der Waals surface area contributed by atoms with Gasteiger partial charge in [0.25, 0.3) is 0 Å². The summed E-state index contributed by atoms with van der Waals surface area (Å²) in [6.07, 6.45) is 9.47. The summed E-state index contributed by atoms with van der Waals surface area (Å²) in [6, 6.07) is 14.4. The zero-order valence-electron chi connectivity index (χ0n) is 15.1. The third kappa shape index (κ3) is 6.19. The molecule has 1 N–H and O–H groups in total. The van der Waals surface area contributed by atoms with Gasteiger partial charge in [-0.05, 0) is 42.7 Å². The summed E-state index contributed by atoms with van der Waals surface area (Å²) in [5.41, 5.74) is 2.20. The van der Waals surface area contributed by atoms with Gasteiger partial charge in [-0.25, -0.2) is 0 Å². The average Bonchev–Trinajstić information content (AvgIpc) is 2.60. The van der Waals surface area contributed by atoms with Crippen LogP contribution < -0.4 is 10.1 Å². The van der Waals surface area contributed by atoms with Crippen molar-refractivity contribution in [2.75, 3.05) is 0 Å². The van der Waals surface area contributed by atoms with Gasteiger partial charge >= 0.3 is 0 Å². The highest BCUT2D eigenvalue weighted by Gasteiger charge is 2.11. The van der Waals surface area contributed by atoms with Crippen LogP contribution in [0, 0.1) is 0 Å². The molecule has 26 heavy (non-hydrogen) atoms. The highest BCUT2D eigenvalue weighted by Crippen LogP contribution is 2.23. The molecule has 0 amide bonds. The molecule has 0 spiro atoms. The first-order valence-electron chi connectivity index (χ1n) is 9.60. The number of nitrogens with one attached hydrogen (secondary N) is 1. The van der Waals surface area contributed by atoms with Crippen molar-refractivity contribution in [2.45, 2.75) is 64.1 Å². The Labute approximate surface area is 166 Å². The minimum absolute atomic E-state index is 0.440. The fourth-order valence-corrected chi connectivity index (χ4v) is 3.93. The van der Waals surface area contributed by atoms with E-state index in [0.717, 1.165) is 17.9 Å². The molecule has 3 rings (SSSR count). The Balaban J connectivity index is 1.52. The number of ether oxygens (including phenoxy) is 1. The van der Waals surface area contributed by atoms with Crippen molar-refractivity contribution in [3.63, 3.8) is 0 Å². The van der Waals surface area contributed by atoms with Crippen molar-refractivity contribution in [1.82, 2.24) is 5.32 Å². The van der Waals surface area contributed by atoms with Gasteiger partial charge in [0.1, 0.15) is 12.4 Å². The highest BCUT2D eigenvalue weighted by molar-refractivity contribution is 6.35. The van der Waals surface area contributed by atoms with Crippen molar-refractivity contribution < 1.29 is 4.74 Å². The molecule has 1 aliphatic carbocycles. The third-order valence-electron chi connectivity index (χ3n) is 5.01. The Morgan fingerprint density at radius 2 is 1.69 bits per heavy atom. The summed E-state index contributed by atoms with van der Waals surface area (Å²) in [5, 5.41) is 5.01. The van der Waals surface area contributed by atoms with Gasteiger partial charge in [-0.3, -0.25) is 0 Å². The minimum atomic E-state index is 0.440. The summed E-state index contributed by atoms with van der Waals surface area (Å²) in [7, 11) is 0. The van der Waals surface area contributed by atoms with Crippen LogP contribution in [0.5, 0.6) is 5.75 Å². The second-order valence-corrected chi connectivity index (χ2v) is 7.94. The Morgan fingerprint density at radius 1 is 0.923 bits per heavy atom. The molecule has 2 nitrogen and oxygen atoms in total. The van der Waals surface area contributed by atoms with Crippen LogP contribution in [0.15, 0.2) is 42.5 Å². The van der Waals surface area contributed by atoms with Gasteiger partial charge in [0.15, 0.2) is 0 Å². The van der Waals surface area contributed by atoms with Gasteiger partial charge in [0, 0.05) is 28.2 Å².